The van der Waals surface area contributed by atoms with Crippen LogP contribution in [-0.2, 0) is 20.9 Å². The Morgan fingerprint density at radius 1 is 1.09 bits per heavy atom. The quantitative estimate of drug-likeness (QED) is 0.404. The Balaban J connectivity index is 1.56. The fraction of sp³-hybridized carbons (Fsp3) is 0.333. The zero-order valence-electron chi connectivity index (χ0n) is 19.7. The standard InChI is InChI=1S/C27H30N2O5S/c1-2-32-16-9-15-29(27(31)23-19-33-21-12-6-7-13-22(21)34-23)25(24-14-8-17-35-24)26(30)28-18-20-10-4-3-5-11-20/h3-8,10-14,17,23,25H,2,9,15-16,18-19H2,1H3,(H,28,30)/t23-,25-/m1/s1. The molecule has 2 aromatic carbocycles. The number of hydrogen-bond acceptors (Lipinski definition) is 6. The van der Waals surface area contributed by atoms with Gasteiger partial charge in [-0.15, -0.1) is 11.3 Å². The van der Waals surface area contributed by atoms with Gasteiger partial charge in [0.15, 0.2) is 11.5 Å². The molecule has 2 heterocycles. The molecule has 4 rings (SSSR count). The van der Waals surface area contributed by atoms with Crippen LogP contribution in [0.5, 0.6) is 11.5 Å². The van der Waals surface area contributed by atoms with E-state index in [2.05, 4.69) is 5.32 Å². The minimum Gasteiger partial charge on any atom is -0.485 e. The number of para-hydroxylation sites is 2. The predicted molar refractivity (Wildman–Crippen MR) is 135 cm³/mol. The van der Waals surface area contributed by atoms with Crippen LogP contribution in [0.15, 0.2) is 72.1 Å². The van der Waals surface area contributed by atoms with Crippen LogP contribution in [0.2, 0.25) is 0 Å². The first-order valence-electron chi connectivity index (χ1n) is 11.8. The number of benzene rings is 2. The zero-order valence-corrected chi connectivity index (χ0v) is 20.5. The third-order valence-corrected chi connectivity index (χ3v) is 6.57. The van der Waals surface area contributed by atoms with Crippen molar-refractivity contribution in [3.05, 3.63) is 82.6 Å². The number of nitrogens with one attached hydrogen (secondary N) is 1. The first-order valence-corrected chi connectivity index (χ1v) is 12.7. The predicted octanol–water partition coefficient (Wildman–Crippen LogP) is 4.20. The van der Waals surface area contributed by atoms with Crippen LogP contribution in [0.4, 0.5) is 0 Å². The average Bonchev–Trinajstić information content (AvgIpc) is 3.43. The monoisotopic (exact) mass is 494 g/mol. The molecule has 0 fully saturated rings. The summed E-state index contributed by atoms with van der Waals surface area (Å²) in [6.07, 6.45) is -0.251. The van der Waals surface area contributed by atoms with Crippen molar-refractivity contribution >= 4 is 23.2 Å². The summed E-state index contributed by atoms with van der Waals surface area (Å²) < 4.78 is 17.3. The molecular weight excluding hydrogens is 464 g/mol. The first kappa shape index (κ1) is 24.8. The number of carbonyl (C=O) groups is 2. The molecule has 0 saturated carbocycles. The first-order chi connectivity index (χ1) is 17.2. The van der Waals surface area contributed by atoms with Gasteiger partial charge < -0.3 is 24.4 Å². The van der Waals surface area contributed by atoms with Gasteiger partial charge in [0.05, 0.1) is 0 Å². The SMILES string of the molecule is CCOCCCN(C(=O)[C@H]1COc2ccccc2O1)[C@@H](C(=O)NCc1ccccc1)c1cccs1. The molecule has 0 saturated heterocycles. The zero-order chi connectivity index (χ0) is 24.5. The number of nitrogens with zero attached hydrogens (tertiary/aromatic N) is 1. The minimum absolute atomic E-state index is 0.0839. The van der Waals surface area contributed by atoms with Crippen molar-refractivity contribution in [2.24, 2.45) is 0 Å². The number of fused-ring (bicyclic) bond motifs is 1. The van der Waals surface area contributed by atoms with E-state index in [1.807, 2.05) is 66.9 Å². The topological polar surface area (TPSA) is 77.1 Å². The van der Waals surface area contributed by atoms with Crippen LogP contribution in [0, 0.1) is 0 Å². The van der Waals surface area contributed by atoms with Gasteiger partial charge in [-0.2, -0.15) is 0 Å². The smallest absolute Gasteiger partial charge is 0.268 e. The van der Waals surface area contributed by atoms with Gasteiger partial charge >= 0.3 is 0 Å². The second-order valence-electron chi connectivity index (χ2n) is 8.07. The van der Waals surface area contributed by atoms with Crippen LogP contribution in [-0.4, -0.2) is 49.2 Å². The summed E-state index contributed by atoms with van der Waals surface area (Å²) >= 11 is 1.45. The Hall–Kier alpha value is -3.36. The lowest BCUT2D eigenvalue weighted by Crippen LogP contribution is -2.51. The molecule has 0 spiro atoms. The molecule has 1 N–H and O–H groups in total. The Morgan fingerprint density at radius 2 is 1.86 bits per heavy atom. The summed E-state index contributed by atoms with van der Waals surface area (Å²) in [5, 5.41) is 4.92. The highest BCUT2D eigenvalue weighted by atomic mass is 32.1. The van der Waals surface area contributed by atoms with Crippen molar-refractivity contribution in [2.45, 2.75) is 32.0 Å². The molecule has 1 aromatic heterocycles. The number of carbonyl (C=O) groups excluding carboxylic acids is 2. The van der Waals surface area contributed by atoms with Gasteiger partial charge in [-0.1, -0.05) is 48.5 Å². The molecule has 35 heavy (non-hydrogen) atoms. The maximum absolute atomic E-state index is 13.8. The van der Waals surface area contributed by atoms with Crippen LogP contribution in [0.25, 0.3) is 0 Å². The Morgan fingerprint density at radius 3 is 2.60 bits per heavy atom. The molecule has 184 valence electrons. The lowest BCUT2D eigenvalue weighted by atomic mass is 10.1. The van der Waals surface area contributed by atoms with Crippen molar-refractivity contribution in [1.29, 1.82) is 0 Å². The molecule has 0 bridgehead atoms. The van der Waals surface area contributed by atoms with Gasteiger partial charge in [0.25, 0.3) is 5.91 Å². The molecule has 2 atom stereocenters. The minimum atomic E-state index is -0.846. The van der Waals surface area contributed by atoms with Crippen molar-refractivity contribution in [1.82, 2.24) is 10.2 Å². The van der Waals surface area contributed by atoms with Gasteiger partial charge in [-0.05, 0) is 42.5 Å². The van der Waals surface area contributed by atoms with Crippen LogP contribution < -0.4 is 14.8 Å². The van der Waals surface area contributed by atoms with Gasteiger partial charge in [0.1, 0.15) is 12.6 Å². The molecule has 1 aliphatic heterocycles. The maximum Gasteiger partial charge on any atom is 0.268 e. The Bertz CT molecular complexity index is 1090. The van der Waals surface area contributed by atoms with E-state index in [0.29, 0.717) is 44.2 Å². The third-order valence-electron chi connectivity index (χ3n) is 5.64. The molecule has 8 heteroatoms. The number of ether oxygens (including phenoxy) is 3. The number of hydrogen-bond donors (Lipinski definition) is 1. The van der Waals surface area contributed by atoms with E-state index in [9.17, 15) is 9.59 Å². The number of amides is 2. The summed E-state index contributed by atoms with van der Waals surface area (Å²) in [5.41, 5.74) is 0.987. The molecule has 2 amide bonds. The lowest BCUT2D eigenvalue weighted by Gasteiger charge is -2.34. The van der Waals surface area contributed by atoms with Crippen LogP contribution in [0.1, 0.15) is 29.8 Å². The van der Waals surface area contributed by atoms with Crippen molar-refractivity contribution in [2.75, 3.05) is 26.4 Å². The van der Waals surface area contributed by atoms with E-state index >= 15 is 0 Å². The maximum atomic E-state index is 13.8. The summed E-state index contributed by atoms with van der Waals surface area (Å²) in [4.78, 5) is 29.7. The molecule has 7 nitrogen and oxygen atoms in total. The number of thiophene rings is 1. The summed E-state index contributed by atoms with van der Waals surface area (Å²) in [7, 11) is 0. The van der Waals surface area contributed by atoms with Crippen molar-refractivity contribution in [3.63, 3.8) is 0 Å². The Kier molecular flexibility index (Phi) is 8.75. The van der Waals surface area contributed by atoms with Gasteiger partial charge in [-0.3, -0.25) is 9.59 Å². The summed E-state index contributed by atoms with van der Waals surface area (Å²) in [6.45, 7) is 3.82. The second-order valence-corrected chi connectivity index (χ2v) is 9.05. The molecule has 3 aromatic rings. The third kappa shape index (κ3) is 6.41. The fourth-order valence-electron chi connectivity index (χ4n) is 3.93. The van der Waals surface area contributed by atoms with Crippen molar-refractivity contribution in [3.8, 4) is 11.5 Å². The van der Waals surface area contributed by atoms with Gasteiger partial charge in [0.2, 0.25) is 12.0 Å². The molecule has 0 radical (unpaired) electrons. The molecular formula is C27H30N2O5S. The van der Waals surface area contributed by atoms with E-state index in [1.165, 1.54) is 11.3 Å². The van der Waals surface area contributed by atoms with Gasteiger partial charge in [-0.25, -0.2) is 0 Å². The number of rotatable bonds is 11. The van der Waals surface area contributed by atoms with Crippen molar-refractivity contribution < 1.29 is 23.8 Å². The van der Waals surface area contributed by atoms with Gasteiger partial charge in [0, 0.05) is 31.2 Å². The summed E-state index contributed by atoms with van der Waals surface area (Å²) in [5.74, 6) is 0.602. The Labute approximate surface area is 209 Å². The lowest BCUT2D eigenvalue weighted by molar-refractivity contribution is -0.148. The van der Waals surface area contributed by atoms with Crippen LogP contribution >= 0.6 is 11.3 Å². The summed E-state index contributed by atoms with van der Waals surface area (Å²) in [6, 6.07) is 20.0. The molecule has 1 aliphatic rings. The fourth-order valence-corrected chi connectivity index (χ4v) is 4.76. The van der Waals surface area contributed by atoms with Crippen LogP contribution in [0.3, 0.4) is 0 Å². The normalized spacial score (nSPS) is 15.3. The van der Waals surface area contributed by atoms with E-state index in [1.54, 1.807) is 17.0 Å². The molecule has 0 aliphatic carbocycles. The van der Waals surface area contributed by atoms with E-state index in [0.717, 1.165) is 10.4 Å². The highest BCUT2D eigenvalue weighted by Gasteiger charge is 2.38. The largest absolute Gasteiger partial charge is 0.485 e. The highest BCUT2D eigenvalue weighted by Crippen LogP contribution is 2.33. The second kappa shape index (κ2) is 12.4. The van der Waals surface area contributed by atoms with E-state index in [-0.39, 0.29) is 18.4 Å². The highest BCUT2D eigenvalue weighted by molar-refractivity contribution is 7.10. The van der Waals surface area contributed by atoms with E-state index in [4.69, 9.17) is 14.2 Å². The van der Waals surface area contributed by atoms with E-state index < -0.39 is 12.1 Å². The average molecular weight is 495 g/mol. The molecule has 0 unspecified atom stereocenters.